The number of aromatic nitrogens is 5. The lowest BCUT2D eigenvalue weighted by molar-refractivity contribution is 0.235. The second-order valence-electron chi connectivity index (χ2n) is 5.49. The van der Waals surface area contributed by atoms with E-state index >= 15 is 0 Å². The number of likely N-dealkylation sites (N-methyl/N-ethyl adjacent to an activating group) is 1. The van der Waals surface area contributed by atoms with Crippen LogP contribution in [-0.2, 0) is 0 Å². The summed E-state index contributed by atoms with van der Waals surface area (Å²) >= 11 is 0. The molecule has 1 aliphatic heterocycles. The van der Waals surface area contributed by atoms with Crippen molar-refractivity contribution in [3.63, 3.8) is 0 Å². The average Bonchev–Trinajstić information content (AvgIpc) is 2.85. The van der Waals surface area contributed by atoms with Crippen LogP contribution in [0.2, 0.25) is 0 Å². The van der Waals surface area contributed by atoms with Crippen molar-refractivity contribution in [2.45, 2.75) is 19.9 Å². The molecule has 0 spiro atoms. The van der Waals surface area contributed by atoms with Crippen molar-refractivity contribution in [3.05, 3.63) is 12.1 Å². The van der Waals surface area contributed by atoms with Gasteiger partial charge >= 0.3 is 0 Å². The summed E-state index contributed by atoms with van der Waals surface area (Å²) in [5.74, 6) is 1.53. The minimum Gasteiger partial charge on any atom is -0.349 e. The summed E-state index contributed by atoms with van der Waals surface area (Å²) in [6.45, 7) is 7.62. The number of anilines is 1. The predicted octanol–water partition coefficient (Wildman–Crippen LogP) is 0.296. The standard InChI is InChI=1S/C12H19N7/c1-9(2)10-8-17(3)6-7-18(10)12-5-4-11-13-15-16-19(11)14-12/h4-5,9-10H,6-8H2,1-3H3. The predicted molar refractivity (Wildman–Crippen MR) is 72.0 cm³/mol. The van der Waals surface area contributed by atoms with Crippen LogP contribution in [0.25, 0.3) is 5.65 Å². The molecular weight excluding hydrogens is 242 g/mol. The Labute approximate surface area is 112 Å². The minimum atomic E-state index is 0.472. The van der Waals surface area contributed by atoms with Gasteiger partial charge in [0.2, 0.25) is 0 Å². The Balaban J connectivity index is 1.93. The lowest BCUT2D eigenvalue weighted by atomic mass is 10.00. The van der Waals surface area contributed by atoms with Crippen LogP contribution in [0.5, 0.6) is 0 Å². The molecule has 7 heteroatoms. The fraction of sp³-hybridized carbons (Fsp3) is 0.667. The first-order chi connectivity index (χ1) is 9.15. The van der Waals surface area contributed by atoms with E-state index in [9.17, 15) is 0 Å². The maximum Gasteiger partial charge on any atom is 0.200 e. The second-order valence-corrected chi connectivity index (χ2v) is 5.49. The molecule has 0 aromatic carbocycles. The summed E-state index contributed by atoms with van der Waals surface area (Å²) < 4.78 is 1.49. The highest BCUT2D eigenvalue weighted by molar-refractivity contribution is 5.45. The van der Waals surface area contributed by atoms with E-state index < -0.39 is 0 Å². The van der Waals surface area contributed by atoms with E-state index in [1.54, 1.807) is 0 Å². The fourth-order valence-corrected chi connectivity index (χ4v) is 2.60. The van der Waals surface area contributed by atoms with Gasteiger partial charge in [0.05, 0.1) is 0 Å². The molecule has 1 saturated heterocycles. The van der Waals surface area contributed by atoms with Crippen LogP contribution >= 0.6 is 0 Å². The molecule has 1 unspecified atom stereocenters. The molecule has 3 rings (SSSR count). The highest BCUT2D eigenvalue weighted by Gasteiger charge is 2.28. The van der Waals surface area contributed by atoms with Gasteiger partial charge in [-0.1, -0.05) is 13.8 Å². The first-order valence-corrected chi connectivity index (χ1v) is 6.66. The number of rotatable bonds is 2. The van der Waals surface area contributed by atoms with E-state index in [0.717, 1.165) is 25.5 Å². The van der Waals surface area contributed by atoms with Crippen LogP contribution in [0.4, 0.5) is 5.82 Å². The van der Waals surface area contributed by atoms with Crippen LogP contribution in [0.1, 0.15) is 13.8 Å². The van der Waals surface area contributed by atoms with Gasteiger partial charge < -0.3 is 9.80 Å². The zero-order valence-electron chi connectivity index (χ0n) is 11.6. The largest absolute Gasteiger partial charge is 0.349 e. The fourth-order valence-electron chi connectivity index (χ4n) is 2.60. The van der Waals surface area contributed by atoms with Crippen LogP contribution < -0.4 is 4.90 Å². The maximum absolute atomic E-state index is 4.50. The molecule has 1 atom stereocenters. The van der Waals surface area contributed by atoms with E-state index in [-0.39, 0.29) is 0 Å². The van der Waals surface area contributed by atoms with Crippen molar-refractivity contribution >= 4 is 11.5 Å². The molecule has 2 aromatic rings. The monoisotopic (exact) mass is 261 g/mol. The van der Waals surface area contributed by atoms with Gasteiger partial charge in [-0.2, -0.15) is 0 Å². The third-order valence-corrected chi connectivity index (χ3v) is 3.74. The highest BCUT2D eigenvalue weighted by Crippen LogP contribution is 2.22. The Hall–Kier alpha value is -1.76. The number of hydrogen-bond acceptors (Lipinski definition) is 6. The topological polar surface area (TPSA) is 62.5 Å². The van der Waals surface area contributed by atoms with E-state index in [0.29, 0.717) is 17.6 Å². The summed E-state index contributed by atoms with van der Waals surface area (Å²) in [5, 5.41) is 15.9. The Morgan fingerprint density at radius 1 is 1.26 bits per heavy atom. The normalized spacial score (nSPS) is 21.5. The summed E-state index contributed by atoms with van der Waals surface area (Å²) in [6, 6.07) is 4.39. The molecule has 0 aliphatic carbocycles. The molecule has 1 aliphatic rings. The molecule has 0 radical (unpaired) electrons. The van der Waals surface area contributed by atoms with Gasteiger partial charge in [0.15, 0.2) is 11.5 Å². The Morgan fingerprint density at radius 2 is 2.11 bits per heavy atom. The van der Waals surface area contributed by atoms with Crippen LogP contribution in [0.15, 0.2) is 12.1 Å². The van der Waals surface area contributed by atoms with Crippen LogP contribution in [0.3, 0.4) is 0 Å². The molecule has 7 nitrogen and oxygen atoms in total. The molecule has 0 N–H and O–H groups in total. The minimum absolute atomic E-state index is 0.472. The van der Waals surface area contributed by atoms with Gasteiger partial charge in [-0.05, 0) is 35.5 Å². The van der Waals surface area contributed by atoms with Crippen molar-refractivity contribution in [2.75, 3.05) is 31.6 Å². The number of nitrogens with zero attached hydrogens (tertiary/aromatic N) is 7. The lowest BCUT2D eigenvalue weighted by Crippen LogP contribution is -2.54. The van der Waals surface area contributed by atoms with Crippen molar-refractivity contribution in [3.8, 4) is 0 Å². The number of fused-ring (bicyclic) bond motifs is 1. The van der Waals surface area contributed by atoms with Gasteiger partial charge in [0, 0.05) is 25.7 Å². The van der Waals surface area contributed by atoms with E-state index in [2.05, 4.69) is 51.3 Å². The number of tetrazole rings is 1. The molecule has 19 heavy (non-hydrogen) atoms. The Morgan fingerprint density at radius 3 is 2.89 bits per heavy atom. The Bertz CT molecular complexity index is 564. The third kappa shape index (κ3) is 2.25. The van der Waals surface area contributed by atoms with Gasteiger partial charge in [0.1, 0.15) is 0 Å². The van der Waals surface area contributed by atoms with Gasteiger partial charge in [-0.3, -0.25) is 0 Å². The van der Waals surface area contributed by atoms with Gasteiger partial charge in [0.25, 0.3) is 0 Å². The molecule has 102 valence electrons. The summed E-state index contributed by atoms with van der Waals surface area (Å²) in [7, 11) is 2.17. The Kier molecular flexibility index (Phi) is 3.06. The van der Waals surface area contributed by atoms with Crippen molar-refractivity contribution < 1.29 is 0 Å². The van der Waals surface area contributed by atoms with Crippen LogP contribution in [0, 0.1) is 5.92 Å². The SMILES string of the molecule is CC(C)C1CN(C)CCN1c1ccc2nnnn2n1. The second kappa shape index (κ2) is 4.73. The first kappa shape index (κ1) is 12.3. The summed E-state index contributed by atoms with van der Waals surface area (Å²) in [6.07, 6.45) is 0. The third-order valence-electron chi connectivity index (χ3n) is 3.74. The van der Waals surface area contributed by atoms with Crippen LogP contribution in [-0.4, -0.2) is 62.9 Å². The molecule has 2 aromatic heterocycles. The van der Waals surface area contributed by atoms with Gasteiger partial charge in [-0.25, -0.2) is 0 Å². The molecule has 3 heterocycles. The average molecular weight is 261 g/mol. The van der Waals surface area contributed by atoms with E-state index in [1.165, 1.54) is 4.63 Å². The molecular formula is C12H19N7. The molecule has 0 bridgehead atoms. The first-order valence-electron chi connectivity index (χ1n) is 6.66. The van der Waals surface area contributed by atoms with E-state index in [1.807, 2.05) is 12.1 Å². The number of piperazine rings is 1. The van der Waals surface area contributed by atoms with E-state index in [4.69, 9.17) is 0 Å². The maximum atomic E-state index is 4.50. The number of hydrogen-bond donors (Lipinski definition) is 0. The summed E-state index contributed by atoms with van der Waals surface area (Å²) in [5.41, 5.74) is 0.680. The molecule has 1 fully saturated rings. The zero-order chi connectivity index (χ0) is 13.4. The smallest absolute Gasteiger partial charge is 0.200 e. The summed E-state index contributed by atoms with van der Waals surface area (Å²) in [4.78, 5) is 4.74. The van der Waals surface area contributed by atoms with Gasteiger partial charge in [-0.15, -0.1) is 14.8 Å². The molecule has 0 saturated carbocycles. The zero-order valence-corrected chi connectivity index (χ0v) is 11.6. The van der Waals surface area contributed by atoms with Crippen molar-refractivity contribution in [2.24, 2.45) is 5.92 Å². The quantitative estimate of drug-likeness (QED) is 0.774. The van der Waals surface area contributed by atoms with Crippen molar-refractivity contribution in [1.82, 2.24) is 30.2 Å². The molecule has 0 amide bonds. The highest BCUT2D eigenvalue weighted by atomic mass is 15.6. The lowest BCUT2D eigenvalue weighted by Gasteiger charge is -2.42. The van der Waals surface area contributed by atoms with Crippen molar-refractivity contribution in [1.29, 1.82) is 0 Å².